The second kappa shape index (κ2) is 50.0. The van der Waals surface area contributed by atoms with Crippen LogP contribution in [0.25, 0.3) is 0 Å². The third kappa shape index (κ3) is 45.7. The quantitative estimate of drug-likeness (QED) is 0.0423. The molecule has 342 valence electrons. The van der Waals surface area contributed by atoms with Gasteiger partial charge in [0, 0.05) is 6.42 Å². The van der Waals surface area contributed by atoms with Gasteiger partial charge >= 0.3 is 0 Å². The van der Waals surface area contributed by atoms with Gasteiger partial charge in [-0.1, -0.05) is 269 Å². The molecule has 0 aromatic rings. The van der Waals surface area contributed by atoms with Crippen molar-refractivity contribution in [3.8, 4) is 0 Å². The number of aliphatic hydroxyl groups excluding tert-OH is 2. The van der Waals surface area contributed by atoms with Gasteiger partial charge in [0.25, 0.3) is 0 Å². The normalized spacial score (nSPS) is 13.1. The molecule has 0 spiro atoms. The van der Waals surface area contributed by atoms with Gasteiger partial charge in [0.1, 0.15) is 0 Å². The molecule has 0 fully saturated rings. The molecule has 0 rings (SSSR count). The highest BCUT2D eigenvalue weighted by Gasteiger charge is 2.17. The Morgan fingerprint density at radius 2 is 0.672 bits per heavy atom. The van der Waals surface area contributed by atoms with Gasteiger partial charge in [-0.05, 0) is 44.9 Å². The summed E-state index contributed by atoms with van der Waals surface area (Å²) in [5.41, 5.74) is 0. The standard InChI is InChI=1S/C54H103NO3/c1-3-5-7-9-11-13-15-17-19-20-21-22-23-24-25-26-27-28-29-30-31-32-33-34-35-36-37-39-41-43-45-47-49-53(57)52(51-56)55-54(58)50-48-46-44-42-40-38-18-16-14-12-10-8-6-4-2/h34-35,39,41,47,49,52-53,56-57H,3-33,36-38,40,42-46,48,50-51H2,1-2H3,(H,55,58)/b35-34+,41-39+,49-47+. The molecule has 0 aromatic carbocycles. The molecule has 4 nitrogen and oxygen atoms in total. The van der Waals surface area contributed by atoms with Gasteiger partial charge in [0.15, 0.2) is 0 Å². The second-order valence-electron chi connectivity index (χ2n) is 17.9. The van der Waals surface area contributed by atoms with Crippen molar-refractivity contribution >= 4 is 5.91 Å². The van der Waals surface area contributed by atoms with Crippen LogP contribution in [0.5, 0.6) is 0 Å². The molecular formula is C54H103NO3. The van der Waals surface area contributed by atoms with Gasteiger partial charge in [-0.3, -0.25) is 4.79 Å². The Balaban J connectivity index is 3.52. The van der Waals surface area contributed by atoms with Crippen LogP contribution < -0.4 is 5.32 Å². The lowest BCUT2D eigenvalue weighted by atomic mass is 10.0. The van der Waals surface area contributed by atoms with Crippen molar-refractivity contribution in [2.45, 2.75) is 296 Å². The lowest BCUT2D eigenvalue weighted by Gasteiger charge is -2.19. The fraction of sp³-hybridized carbons (Fsp3) is 0.870. The molecule has 0 aromatic heterocycles. The summed E-state index contributed by atoms with van der Waals surface area (Å²) in [5.74, 6) is -0.0755. The second-order valence-corrected chi connectivity index (χ2v) is 17.9. The highest BCUT2D eigenvalue weighted by Crippen LogP contribution is 2.17. The summed E-state index contributed by atoms with van der Waals surface area (Å²) in [5, 5.41) is 23.0. The highest BCUT2D eigenvalue weighted by atomic mass is 16.3. The van der Waals surface area contributed by atoms with E-state index in [-0.39, 0.29) is 12.5 Å². The number of carbonyl (C=O) groups excluding carboxylic acids is 1. The molecular weight excluding hydrogens is 711 g/mol. The lowest BCUT2D eigenvalue weighted by molar-refractivity contribution is -0.123. The molecule has 0 heterocycles. The predicted molar refractivity (Wildman–Crippen MR) is 258 cm³/mol. The van der Waals surface area contributed by atoms with Gasteiger partial charge in [0.05, 0.1) is 18.8 Å². The van der Waals surface area contributed by atoms with Gasteiger partial charge in [-0.25, -0.2) is 0 Å². The van der Waals surface area contributed by atoms with E-state index in [9.17, 15) is 15.0 Å². The highest BCUT2D eigenvalue weighted by molar-refractivity contribution is 5.76. The van der Waals surface area contributed by atoms with Crippen molar-refractivity contribution < 1.29 is 15.0 Å². The third-order valence-electron chi connectivity index (χ3n) is 12.1. The number of aliphatic hydroxyl groups is 2. The SMILES string of the molecule is CCCCCCCCCCCCCCCCCCCCCCCC/C=C/CC/C=C/CC/C=C/C(O)C(CO)NC(=O)CCCCCCCCCCCCCCCC. The van der Waals surface area contributed by atoms with Crippen LogP contribution in [0, 0.1) is 0 Å². The number of rotatable bonds is 48. The minimum atomic E-state index is -0.868. The van der Waals surface area contributed by atoms with Gasteiger partial charge in [0.2, 0.25) is 5.91 Å². The van der Waals surface area contributed by atoms with Crippen molar-refractivity contribution in [1.82, 2.24) is 5.32 Å². The molecule has 0 saturated carbocycles. The summed E-state index contributed by atoms with van der Waals surface area (Å²) >= 11 is 0. The molecule has 2 unspecified atom stereocenters. The zero-order chi connectivity index (χ0) is 42.1. The van der Waals surface area contributed by atoms with Crippen LogP contribution in [-0.2, 0) is 4.79 Å². The Bertz CT molecular complexity index is 882. The van der Waals surface area contributed by atoms with Crippen molar-refractivity contribution in [2.75, 3.05) is 6.61 Å². The number of allylic oxidation sites excluding steroid dienone is 5. The molecule has 3 N–H and O–H groups in total. The Kier molecular flexibility index (Phi) is 48.8. The van der Waals surface area contributed by atoms with Crippen molar-refractivity contribution in [1.29, 1.82) is 0 Å². The number of hydrogen-bond donors (Lipinski definition) is 3. The minimum absolute atomic E-state index is 0.0755. The zero-order valence-electron chi connectivity index (χ0n) is 39.3. The van der Waals surface area contributed by atoms with Crippen LogP contribution in [0.15, 0.2) is 36.5 Å². The van der Waals surface area contributed by atoms with Gasteiger partial charge in [-0.15, -0.1) is 0 Å². The van der Waals surface area contributed by atoms with Gasteiger partial charge in [-0.2, -0.15) is 0 Å². The molecule has 0 aliphatic carbocycles. The molecule has 58 heavy (non-hydrogen) atoms. The molecule has 0 saturated heterocycles. The maximum absolute atomic E-state index is 12.4. The van der Waals surface area contributed by atoms with Crippen molar-refractivity contribution in [3.05, 3.63) is 36.5 Å². The Morgan fingerprint density at radius 3 is 1.00 bits per heavy atom. The monoisotopic (exact) mass is 814 g/mol. The zero-order valence-corrected chi connectivity index (χ0v) is 39.3. The number of hydrogen-bond acceptors (Lipinski definition) is 3. The molecule has 4 heteroatoms. The summed E-state index contributed by atoms with van der Waals surface area (Å²) in [4.78, 5) is 12.4. The van der Waals surface area contributed by atoms with E-state index >= 15 is 0 Å². The number of amides is 1. The largest absolute Gasteiger partial charge is 0.394 e. The Morgan fingerprint density at radius 1 is 0.397 bits per heavy atom. The van der Waals surface area contributed by atoms with Crippen LogP contribution in [0.2, 0.25) is 0 Å². The summed E-state index contributed by atoms with van der Waals surface area (Å²) in [7, 11) is 0. The van der Waals surface area contributed by atoms with E-state index in [4.69, 9.17) is 0 Å². The topological polar surface area (TPSA) is 69.6 Å². The Hall–Kier alpha value is -1.39. The Labute approximate surface area is 363 Å². The van der Waals surface area contributed by atoms with Crippen LogP contribution in [0.3, 0.4) is 0 Å². The summed E-state index contributed by atoms with van der Waals surface area (Å²) < 4.78 is 0. The van der Waals surface area contributed by atoms with E-state index in [0.29, 0.717) is 6.42 Å². The van der Waals surface area contributed by atoms with Gasteiger partial charge < -0.3 is 15.5 Å². The average Bonchev–Trinajstić information content (AvgIpc) is 3.23. The first-order valence-electron chi connectivity index (χ1n) is 26.2. The molecule has 2 atom stereocenters. The fourth-order valence-electron chi connectivity index (χ4n) is 8.10. The first kappa shape index (κ1) is 56.6. The maximum Gasteiger partial charge on any atom is 0.220 e. The number of carbonyl (C=O) groups is 1. The first-order chi connectivity index (χ1) is 28.7. The number of unbranched alkanes of at least 4 members (excludes halogenated alkanes) is 37. The third-order valence-corrected chi connectivity index (χ3v) is 12.1. The van der Waals surface area contributed by atoms with Crippen molar-refractivity contribution in [2.24, 2.45) is 0 Å². The van der Waals surface area contributed by atoms with E-state index < -0.39 is 12.1 Å². The van der Waals surface area contributed by atoms with Crippen LogP contribution >= 0.6 is 0 Å². The predicted octanol–water partition coefficient (Wildman–Crippen LogP) is 16.9. The molecule has 0 radical (unpaired) electrons. The van der Waals surface area contributed by atoms with E-state index in [1.165, 1.54) is 225 Å². The minimum Gasteiger partial charge on any atom is -0.394 e. The number of nitrogens with one attached hydrogen (secondary N) is 1. The molecule has 0 aliphatic rings. The molecule has 1 amide bonds. The molecule has 0 aliphatic heterocycles. The van der Waals surface area contributed by atoms with E-state index in [1.54, 1.807) is 6.08 Å². The van der Waals surface area contributed by atoms with E-state index in [0.717, 1.165) is 38.5 Å². The maximum atomic E-state index is 12.4. The van der Waals surface area contributed by atoms with Crippen LogP contribution in [0.1, 0.15) is 284 Å². The van der Waals surface area contributed by atoms with E-state index in [2.05, 4.69) is 43.5 Å². The first-order valence-corrected chi connectivity index (χ1v) is 26.2. The summed E-state index contributed by atoms with van der Waals surface area (Å²) in [6, 6.07) is -0.642. The van der Waals surface area contributed by atoms with Crippen LogP contribution in [0.4, 0.5) is 0 Å². The average molecular weight is 814 g/mol. The fourth-order valence-corrected chi connectivity index (χ4v) is 8.10. The summed E-state index contributed by atoms with van der Waals surface area (Å²) in [6.45, 7) is 4.31. The summed E-state index contributed by atoms with van der Waals surface area (Å²) in [6.07, 6.45) is 67.3. The van der Waals surface area contributed by atoms with Crippen LogP contribution in [-0.4, -0.2) is 34.9 Å². The lowest BCUT2D eigenvalue weighted by Crippen LogP contribution is -2.45. The molecule has 0 bridgehead atoms. The van der Waals surface area contributed by atoms with E-state index in [1.807, 2.05) is 6.08 Å². The smallest absolute Gasteiger partial charge is 0.220 e. The van der Waals surface area contributed by atoms with Crippen molar-refractivity contribution in [3.63, 3.8) is 0 Å².